The molecule has 0 saturated heterocycles. The normalized spacial score (nSPS) is 13.4. The maximum absolute atomic E-state index is 12.0. The molecule has 0 heterocycles. The highest BCUT2D eigenvalue weighted by atomic mass is 16.3. The van der Waals surface area contributed by atoms with E-state index in [9.17, 15) is 15.0 Å². The topological polar surface area (TPSA) is 69.6 Å². The van der Waals surface area contributed by atoms with E-state index in [0.29, 0.717) is 5.56 Å². The Morgan fingerprint density at radius 1 is 0.833 bits per heavy atom. The van der Waals surface area contributed by atoms with Gasteiger partial charge in [-0.25, -0.2) is 0 Å². The molecule has 0 aliphatic heterocycles. The molecule has 2 unspecified atom stereocenters. The van der Waals surface area contributed by atoms with E-state index >= 15 is 0 Å². The monoisotopic (exact) mass is 321 g/mol. The van der Waals surface area contributed by atoms with Crippen LogP contribution in [0.25, 0.3) is 10.8 Å². The first kappa shape index (κ1) is 16.2. The average Bonchev–Trinajstić information content (AvgIpc) is 2.65. The van der Waals surface area contributed by atoms with Crippen molar-refractivity contribution in [2.24, 2.45) is 0 Å². The summed E-state index contributed by atoms with van der Waals surface area (Å²) in [4.78, 5) is 12.0. The van der Waals surface area contributed by atoms with Crippen molar-refractivity contribution < 1.29 is 15.0 Å². The summed E-state index contributed by atoms with van der Waals surface area (Å²) in [5, 5.41) is 25.0. The fourth-order valence-corrected chi connectivity index (χ4v) is 2.61. The molecule has 4 heteroatoms. The van der Waals surface area contributed by atoms with Crippen molar-refractivity contribution in [1.82, 2.24) is 5.32 Å². The molecule has 0 aliphatic carbocycles. The van der Waals surface area contributed by atoms with E-state index in [0.717, 1.165) is 16.3 Å². The summed E-state index contributed by atoms with van der Waals surface area (Å²) in [7, 11) is 0. The van der Waals surface area contributed by atoms with Crippen molar-refractivity contribution in [3.63, 3.8) is 0 Å². The van der Waals surface area contributed by atoms with Gasteiger partial charge in [0.15, 0.2) is 6.10 Å². The van der Waals surface area contributed by atoms with Gasteiger partial charge in [0.1, 0.15) is 0 Å². The van der Waals surface area contributed by atoms with Gasteiger partial charge in [0.25, 0.3) is 5.91 Å². The van der Waals surface area contributed by atoms with Crippen molar-refractivity contribution in [2.75, 3.05) is 6.54 Å². The van der Waals surface area contributed by atoms with Crippen LogP contribution < -0.4 is 5.32 Å². The quantitative estimate of drug-likeness (QED) is 0.677. The molecule has 24 heavy (non-hydrogen) atoms. The second-order valence-corrected chi connectivity index (χ2v) is 5.68. The summed E-state index contributed by atoms with van der Waals surface area (Å²) < 4.78 is 0. The van der Waals surface area contributed by atoms with Gasteiger partial charge in [-0.15, -0.1) is 0 Å². The number of nitrogens with one attached hydrogen (secondary N) is 1. The van der Waals surface area contributed by atoms with Crippen molar-refractivity contribution in [3.05, 3.63) is 83.9 Å². The van der Waals surface area contributed by atoms with Crippen LogP contribution in [0, 0.1) is 0 Å². The lowest BCUT2D eigenvalue weighted by molar-refractivity contribution is -0.130. The van der Waals surface area contributed by atoms with Crippen LogP contribution in [0.3, 0.4) is 0 Å². The van der Waals surface area contributed by atoms with E-state index in [-0.39, 0.29) is 6.54 Å². The number of benzene rings is 3. The number of carbonyl (C=O) groups excluding carboxylic acids is 1. The van der Waals surface area contributed by atoms with Gasteiger partial charge in [-0.2, -0.15) is 0 Å². The number of hydrogen-bond donors (Lipinski definition) is 3. The maximum atomic E-state index is 12.0. The van der Waals surface area contributed by atoms with Crippen LogP contribution in [0.15, 0.2) is 72.8 Å². The van der Waals surface area contributed by atoms with E-state index in [1.165, 1.54) is 0 Å². The van der Waals surface area contributed by atoms with E-state index in [1.54, 1.807) is 24.3 Å². The molecule has 2 atom stereocenters. The highest BCUT2D eigenvalue weighted by molar-refractivity contribution is 5.83. The minimum Gasteiger partial charge on any atom is -0.387 e. The van der Waals surface area contributed by atoms with Crippen LogP contribution >= 0.6 is 0 Å². The Bertz CT molecular complexity index is 832. The molecule has 0 radical (unpaired) electrons. The van der Waals surface area contributed by atoms with E-state index in [4.69, 9.17) is 0 Å². The molecule has 1 amide bonds. The molecule has 3 rings (SSSR count). The lowest BCUT2D eigenvalue weighted by Crippen LogP contribution is -2.32. The minimum atomic E-state index is -1.24. The van der Waals surface area contributed by atoms with Crippen molar-refractivity contribution >= 4 is 16.7 Å². The molecule has 0 fully saturated rings. The predicted octanol–water partition coefficient (Wildman–Crippen LogP) is 2.72. The molecule has 3 N–H and O–H groups in total. The third-order valence-corrected chi connectivity index (χ3v) is 3.99. The smallest absolute Gasteiger partial charge is 0.253 e. The molecule has 0 saturated carbocycles. The second-order valence-electron chi connectivity index (χ2n) is 5.68. The number of fused-ring (bicyclic) bond motifs is 1. The first-order valence-electron chi connectivity index (χ1n) is 7.82. The Hall–Kier alpha value is -2.69. The summed E-state index contributed by atoms with van der Waals surface area (Å²) in [6.45, 7) is 0.0427. The fourth-order valence-electron chi connectivity index (χ4n) is 2.61. The third-order valence-electron chi connectivity index (χ3n) is 3.99. The van der Waals surface area contributed by atoms with Gasteiger partial charge in [0, 0.05) is 6.54 Å². The Morgan fingerprint density at radius 3 is 2.25 bits per heavy atom. The zero-order valence-electron chi connectivity index (χ0n) is 13.1. The Labute approximate surface area is 140 Å². The van der Waals surface area contributed by atoms with Crippen LogP contribution in [-0.2, 0) is 4.79 Å². The number of amides is 1. The average molecular weight is 321 g/mol. The van der Waals surface area contributed by atoms with Gasteiger partial charge in [-0.3, -0.25) is 4.79 Å². The van der Waals surface area contributed by atoms with Gasteiger partial charge in [-0.1, -0.05) is 66.7 Å². The summed E-state index contributed by atoms with van der Waals surface area (Å²) >= 11 is 0. The molecule has 3 aromatic rings. The first-order chi connectivity index (χ1) is 11.6. The zero-order chi connectivity index (χ0) is 16.9. The van der Waals surface area contributed by atoms with Gasteiger partial charge in [0.2, 0.25) is 0 Å². The number of rotatable bonds is 5. The number of aliphatic hydroxyl groups excluding tert-OH is 2. The van der Waals surface area contributed by atoms with Crippen LogP contribution in [-0.4, -0.2) is 22.7 Å². The fraction of sp³-hybridized carbons (Fsp3) is 0.150. The molecule has 3 aromatic carbocycles. The SMILES string of the molecule is O=C(NCC(O)c1ccc2ccccc2c1)C(O)c1ccccc1. The molecule has 4 nitrogen and oxygen atoms in total. The molecular weight excluding hydrogens is 302 g/mol. The molecule has 0 aromatic heterocycles. The molecule has 0 spiro atoms. The number of carbonyl (C=O) groups is 1. The molecular formula is C20H19NO3. The number of aliphatic hydroxyl groups is 2. The standard InChI is InChI=1S/C20H19NO3/c22-18(17-11-10-14-6-4-5-9-16(14)12-17)13-21-20(24)19(23)15-7-2-1-3-8-15/h1-12,18-19,22-23H,13H2,(H,21,24). The Balaban J connectivity index is 1.63. The largest absolute Gasteiger partial charge is 0.387 e. The van der Waals surface area contributed by atoms with Gasteiger partial charge >= 0.3 is 0 Å². The Kier molecular flexibility index (Phi) is 4.89. The minimum absolute atomic E-state index is 0.0427. The molecule has 122 valence electrons. The summed E-state index contributed by atoms with van der Waals surface area (Å²) in [6.07, 6.45) is -2.07. The van der Waals surface area contributed by atoms with Crippen molar-refractivity contribution in [3.8, 4) is 0 Å². The lowest BCUT2D eigenvalue weighted by Gasteiger charge is -2.15. The lowest BCUT2D eigenvalue weighted by atomic mass is 10.0. The third kappa shape index (κ3) is 3.62. The summed E-state index contributed by atoms with van der Waals surface area (Å²) in [5.41, 5.74) is 1.25. The van der Waals surface area contributed by atoms with Crippen LogP contribution in [0.5, 0.6) is 0 Å². The second kappa shape index (κ2) is 7.25. The van der Waals surface area contributed by atoms with Crippen LogP contribution in [0.1, 0.15) is 23.3 Å². The maximum Gasteiger partial charge on any atom is 0.253 e. The van der Waals surface area contributed by atoms with Gasteiger partial charge < -0.3 is 15.5 Å². The summed E-state index contributed by atoms with van der Waals surface area (Å²) in [5.74, 6) is -0.527. The van der Waals surface area contributed by atoms with Gasteiger partial charge in [-0.05, 0) is 28.0 Å². The Morgan fingerprint density at radius 2 is 1.50 bits per heavy atom. The molecule has 0 bridgehead atoms. The van der Waals surface area contributed by atoms with E-state index < -0.39 is 18.1 Å². The first-order valence-corrected chi connectivity index (χ1v) is 7.82. The van der Waals surface area contributed by atoms with Crippen LogP contribution in [0.2, 0.25) is 0 Å². The zero-order valence-corrected chi connectivity index (χ0v) is 13.1. The van der Waals surface area contributed by atoms with E-state index in [1.807, 2.05) is 48.5 Å². The van der Waals surface area contributed by atoms with Crippen LogP contribution in [0.4, 0.5) is 0 Å². The highest BCUT2D eigenvalue weighted by Gasteiger charge is 2.18. The molecule has 0 aliphatic rings. The van der Waals surface area contributed by atoms with Crippen molar-refractivity contribution in [2.45, 2.75) is 12.2 Å². The van der Waals surface area contributed by atoms with E-state index in [2.05, 4.69) is 5.32 Å². The predicted molar refractivity (Wildman–Crippen MR) is 93.3 cm³/mol. The van der Waals surface area contributed by atoms with Crippen molar-refractivity contribution in [1.29, 1.82) is 0 Å². The highest BCUT2D eigenvalue weighted by Crippen LogP contribution is 2.20. The number of hydrogen-bond acceptors (Lipinski definition) is 3. The summed E-state index contributed by atoms with van der Waals surface area (Å²) in [6, 6.07) is 22.3. The van der Waals surface area contributed by atoms with Gasteiger partial charge in [0.05, 0.1) is 6.10 Å².